The van der Waals surface area contributed by atoms with Crippen LogP contribution in [0.2, 0.25) is 0 Å². The number of aliphatic hydroxyl groups excluding tert-OH is 1. The monoisotopic (exact) mass is 332 g/mol. The van der Waals surface area contributed by atoms with Crippen LogP contribution in [0.4, 0.5) is 0 Å². The molecule has 0 aliphatic heterocycles. The standard InChI is InChI=1S/C19H40O4/c1-9-15(4)10-19(8,14(2)3)23-18(7)13-22-17(6)12-21-16(5)11-20/h14-18,20H,9-13H2,1-8H3. The average Bonchev–Trinajstić information content (AvgIpc) is 2.49. The summed E-state index contributed by atoms with van der Waals surface area (Å²) < 4.78 is 17.7. The van der Waals surface area contributed by atoms with Crippen molar-refractivity contribution in [2.75, 3.05) is 19.8 Å². The number of rotatable bonds is 13. The van der Waals surface area contributed by atoms with Gasteiger partial charge in [-0.1, -0.05) is 34.1 Å². The highest BCUT2D eigenvalue weighted by Gasteiger charge is 2.32. The molecule has 0 spiro atoms. The van der Waals surface area contributed by atoms with E-state index >= 15 is 0 Å². The molecule has 0 bridgehead atoms. The molecule has 4 heteroatoms. The Kier molecular flexibility index (Phi) is 11.3. The summed E-state index contributed by atoms with van der Waals surface area (Å²) in [5, 5.41) is 8.95. The lowest BCUT2D eigenvalue weighted by atomic mass is 9.82. The molecule has 0 heterocycles. The third-order valence-corrected chi connectivity index (χ3v) is 4.63. The smallest absolute Gasteiger partial charge is 0.0788 e. The summed E-state index contributed by atoms with van der Waals surface area (Å²) in [6.07, 6.45) is 2.14. The molecule has 140 valence electrons. The maximum absolute atomic E-state index is 8.95. The first-order chi connectivity index (χ1) is 10.6. The first-order valence-electron chi connectivity index (χ1n) is 9.16. The van der Waals surface area contributed by atoms with Gasteiger partial charge in [0.25, 0.3) is 0 Å². The van der Waals surface area contributed by atoms with Crippen LogP contribution in [-0.2, 0) is 14.2 Å². The Balaban J connectivity index is 4.29. The second kappa shape index (κ2) is 11.4. The second-order valence-corrected chi connectivity index (χ2v) is 7.58. The Bertz CT molecular complexity index is 295. The third kappa shape index (κ3) is 9.65. The van der Waals surface area contributed by atoms with Crippen molar-refractivity contribution in [3.05, 3.63) is 0 Å². The van der Waals surface area contributed by atoms with Gasteiger partial charge < -0.3 is 19.3 Å². The zero-order valence-corrected chi connectivity index (χ0v) is 16.6. The van der Waals surface area contributed by atoms with Crippen LogP contribution in [0.15, 0.2) is 0 Å². The van der Waals surface area contributed by atoms with Crippen LogP contribution in [0, 0.1) is 11.8 Å². The summed E-state index contributed by atoms with van der Waals surface area (Å²) in [5.74, 6) is 1.12. The Morgan fingerprint density at radius 1 is 0.870 bits per heavy atom. The molecule has 0 aliphatic rings. The lowest BCUT2D eigenvalue weighted by molar-refractivity contribution is -0.146. The first kappa shape index (κ1) is 22.8. The molecule has 0 aromatic carbocycles. The van der Waals surface area contributed by atoms with E-state index in [4.69, 9.17) is 19.3 Å². The molecular weight excluding hydrogens is 292 g/mol. The molecule has 4 nitrogen and oxygen atoms in total. The molecular formula is C19H40O4. The van der Waals surface area contributed by atoms with Gasteiger partial charge >= 0.3 is 0 Å². The molecule has 0 aliphatic carbocycles. The van der Waals surface area contributed by atoms with Crippen LogP contribution >= 0.6 is 0 Å². The van der Waals surface area contributed by atoms with Crippen molar-refractivity contribution in [1.82, 2.24) is 0 Å². The van der Waals surface area contributed by atoms with Crippen molar-refractivity contribution >= 4 is 0 Å². The van der Waals surface area contributed by atoms with E-state index in [1.54, 1.807) is 0 Å². The predicted octanol–water partition coefficient (Wildman–Crippen LogP) is 4.04. The van der Waals surface area contributed by atoms with Crippen LogP contribution in [0.3, 0.4) is 0 Å². The molecule has 0 rings (SSSR count). The Morgan fingerprint density at radius 2 is 1.39 bits per heavy atom. The molecule has 23 heavy (non-hydrogen) atoms. The maximum Gasteiger partial charge on any atom is 0.0788 e. The van der Waals surface area contributed by atoms with Gasteiger partial charge in [0.2, 0.25) is 0 Å². The highest BCUT2D eigenvalue weighted by atomic mass is 16.6. The molecule has 0 saturated heterocycles. The quantitative estimate of drug-likeness (QED) is 0.553. The molecule has 0 saturated carbocycles. The minimum Gasteiger partial charge on any atom is -0.394 e. The van der Waals surface area contributed by atoms with Gasteiger partial charge in [-0.05, 0) is 46.0 Å². The van der Waals surface area contributed by atoms with E-state index in [2.05, 4.69) is 41.5 Å². The SMILES string of the molecule is CCC(C)CC(C)(OC(C)COC(C)COC(C)CO)C(C)C. The minimum atomic E-state index is -0.144. The summed E-state index contributed by atoms with van der Waals surface area (Å²) >= 11 is 0. The summed E-state index contributed by atoms with van der Waals surface area (Å²) in [6, 6.07) is 0. The van der Waals surface area contributed by atoms with Crippen molar-refractivity contribution in [2.45, 2.75) is 92.1 Å². The van der Waals surface area contributed by atoms with Gasteiger partial charge in [-0.25, -0.2) is 0 Å². The molecule has 0 aromatic heterocycles. The van der Waals surface area contributed by atoms with E-state index in [-0.39, 0.29) is 30.5 Å². The molecule has 1 N–H and O–H groups in total. The Labute approximate surface area is 143 Å². The van der Waals surface area contributed by atoms with E-state index in [0.717, 1.165) is 6.42 Å². The number of hydrogen-bond donors (Lipinski definition) is 1. The fourth-order valence-electron chi connectivity index (χ4n) is 2.45. The molecule has 0 amide bonds. The predicted molar refractivity (Wildman–Crippen MR) is 95.8 cm³/mol. The summed E-state index contributed by atoms with van der Waals surface area (Å²) in [5.41, 5.74) is -0.122. The maximum atomic E-state index is 8.95. The third-order valence-electron chi connectivity index (χ3n) is 4.63. The summed E-state index contributed by atoms with van der Waals surface area (Å²) in [7, 11) is 0. The minimum absolute atomic E-state index is 0.00470. The first-order valence-corrected chi connectivity index (χ1v) is 9.16. The highest BCUT2D eigenvalue weighted by molar-refractivity contribution is 4.82. The molecule has 0 radical (unpaired) electrons. The summed E-state index contributed by atoms with van der Waals surface area (Å²) in [6.45, 7) is 18.2. The summed E-state index contributed by atoms with van der Waals surface area (Å²) in [4.78, 5) is 0. The zero-order chi connectivity index (χ0) is 18.0. The van der Waals surface area contributed by atoms with Gasteiger partial charge in [0, 0.05) is 0 Å². The van der Waals surface area contributed by atoms with Crippen LogP contribution in [0.5, 0.6) is 0 Å². The lowest BCUT2D eigenvalue weighted by Gasteiger charge is -2.38. The van der Waals surface area contributed by atoms with E-state index in [0.29, 0.717) is 25.0 Å². The lowest BCUT2D eigenvalue weighted by Crippen LogP contribution is -2.41. The van der Waals surface area contributed by atoms with E-state index in [1.165, 1.54) is 6.42 Å². The van der Waals surface area contributed by atoms with Gasteiger partial charge in [-0.15, -0.1) is 0 Å². The van der Waals surface area contributed by atoms with Gasteiger partial charge in [0.15, 0.2) is 0 Å². The van der Waals surface area contributed by atoms with Crippen LogP contribution < -0.4 is 0 Å². The largest absolute Gasteiger partial charge is 0.394 e. The van der Waals surface area contributed by atoms with Crippen LogP contribution in [0.1, 0.15) is 68.2 Å². The van der Waals surface area contributed by atoms with Crippen molar-refractivity contribution < 1.29 is 19.3 Å². The highest BCUT2D eigenvalue weighted by Crippen LogP contribution is 2.31. The topological polar surface area (TPSA) is 47.9 Å². The molecule has 5 atom stereocenters. The second-order valence-electron chi connectivity index (χ2n) is 7.58. The average molecular weight is 333 g/mol. The molecule has 0 aromatic rings. The van der Waals surface area contributed by atoms with E-state index in [9.17, 15) is 0 Å². The van der Waals surface area contributed by atoms with Crippen molar-refractivity contribution in [3.63, 3.8) is 0 Å². The molecule has 5 unspecified atom stereocenters. The van der Waals surface area contributed by atoms with E-state index < -0.39 is 0 Å². The fraction of sp³-hybridized carbons (Fsp3) is 1.00. The van der Waals surface area contributed by atoms with Crippen LogP contribution in [-0.4, -0.2) is 48.8 Å². The Morgan fingerprint density at radius 3 is 1.87 bits per heavy atom. The molecule has 0 fully saturated rings. The van der Waals surface area contributed by atoms with Crippen molar-refractivity contribution in [1.29, 1.82) is 0 Å². The van der Waals surface area contributed by atoms with E-state index in [1.807, 2.05) is 13.8 Å². The van der Waals surface area contributed by atoms with Gasteiger partial charge in [0.1, 0.15) is 0 Å². The number of ether oxygens (including phenoxy) is 3. The van der Waals surface area contributed by atoms with Gasteiger partial charge in [0.05, 0.1) is 43.7 Å². The fourth-order valence-corrected chi connectivity index (χ4v) is 2.45. The van der Waals surface area contributed by atoms with Gasteiger partial charge in [-0.2, -0.15) is 0 Å². The zero-order valence-electron chi connectivity index (χ0n) is 16.6. The van der Waals surface area contributed by atoms with Gasteiger partial charge in [-0.3, -0.25) is 0 Å². The van der Waals surface area contributed by atoms with Crippen molar-refractivity contribution in [3.8, 4) is 0 Å². The number of aliphatic hydroxyl groups is 1. The number of hydrogen-bond acceptors (Lipinski definition) is 4. The normalized spacial score (nSPS) is 20.1. The van der Waals surface area contributed by atoms with Crippen LogP contribution in [0.25, 0.3) is 0 Å². The van der Waals surface area contributed by atoms with Crippen molar-refractivity contribution in [2.24, 2.45) is 11.8 Å². The Hall–Kier alpha value is -0.160.